The first kappa shape index (κ1) is 22.7. The van der Waals surface area contributed by atoms with Crippen molar-refractivity contribution in [1.29, 1.82) is 0 Å². The van der Waals surface area contributed by atoms with E-state index < -0.39 is 17.2 Å². The zero-order valence-corrected chi connectivity index (χ0v) is 20.1. The minimum Gasteiger partial charge on any atom is -0.508 e. The van der Waals surface area contributed by atoms with Crippen LogP contribution in [0.25, 0.3) is 29.0 Å². The van der Waals surface area contributed by atoms with E-state index in [-0.39, 0.29) is 11.4 Å². The number of Topliss-reactive ketones (excluding diaryl/α,β-unsaturated/α-hetero) is 1. The Bertz CT molecular complexity index is 1480. The van der Waals surface area contributed by atoms with Gasteiger partial charge in [0.25, 0.3) is 0 Å². The number of phenolic OH excluding ortho intramolecular Hbond substituents is 1. The summed E-state index contributed by atoms with van der Waals surface area (Å²) in [5.74, 6) is 0.865. The molecule has 0 amide bonds. The molecule has 1 aliphatic carbocycles. The molecule has 2 aliphatic heterocycles. The van der Waals surface area contributed by atoms with Crippen LogP contribution >= 0.6 is 0 Å². The molecule has 3 aliphatic rings. The van der Waals surface area contributed by atoms with Crippen LogP contribution < -0.4 is 9.47 Å². The van der Waals surface area contributed by atoms with Crippen LogP contribution in [0.1, 0.15) is 54.7 Å². The molecule has 5 nitrogen and oxygen atoms in total. The van der Waals surface area contributed by atoms with Crippen LogP contribution in [-0.4, -0.2) is 27.9 Å². The van der Waals surface area contributed by atoms with Crippen molar-refractivity contribution in [2.24, 2.45) is 0 Å². The molecule has 0 atom stereocenters. The molecule has 3 aromatic carbocycles. The molecule has 0 spiro atoms. The van der Waals surface area contributed by atoms with E-state index in [0.29, 0.717) is 16.9 Å². The molecule has 3 aromatic rings. The largest absolute Gasteiger partial charge is 0.508 e. The number of hydrogen-bond donors (Lipinski definition) is 1. The summed E-state index contributed by atoms with van der Waals surface area (Å²) in [7, 11) is 0. The number of ether oxygens (including phenoxy) is 2. The Morgan fingerprint density at radius 1 is 0.714 bits per heavy atom. The number of aromatic hydroxyl groups is 1. The van der Waals surface area contributed by atoms with Crippen LogP contribution in [-0.2, 0) is 4.79 Å². The lowest BCUT2D eigenvalue weighted by atomic mass is 9.88. The van der Waals surface area contributed by atoms with Crippen LogP contribution in [0, 0.1) is 0 Å². The fourth-order valence-corrected chi connectivity index (χ4v) is 4.40. The van der Waals surface area contributed by atoms with E-state index in [1.165, 1.54) is 6.08 Å². The molecule has 5 heteroatoms. The first-order chi connectivity index (χ1) is 16.5. The van der Waals surface area contributed by atoms with Gasteiger partial charge in [-0.05, 0) is 86.5 Å². The third-order valence-corrected chi connectivity index (χ3v) is 6.16. The molecule has 35 heavy (non-hydrogen) atoms. The van der Waals surface area contributed by atoms with Crippen molar-refractivity contribution in [2.75, 3.05) is 0 Å². The second kappa shape index (κ2) is 7.98. The van der Waals surface area contributed by atoms with Gasteiger partial charge in [0, 0.05) is 16.7 Å². The minimum absolute atomic E-state index is 0.266. The first-order valence-electron chi connectivity index (χ1n) is 11.5. The molecule has 0 aromatic heterocycles. The SMILES string of the molecule is CC1(C)C=Cc2c(ccc3c2C(=O)C(=O)C=C3)O1.CC1(C)C=Cc2c(ccc3ccc(O)cc23)O1. The van der Waals surface area contributed by atoms with E-state index in [1.54, 1.807) is 18.2 Å². The normalized spacial score (nSPS) is 17.9. The lowest BCUT2D eigenvalue weighted by molar-refractivity contribution is -0.110. The molecular formula is C30H26O5. The van der Waals surface area contributed by atoms with Crippen molar-refractivity contribution in [3.63, 3.8) is 0 Å². The highest BCUT2D eigenvalue weighted by molar-refractivity contribution is 6.50. The van der Waals surface area contributed by atoms with Gasteiger partial charge in [0.2, 0.25) is 11.6 Å². The summed E-state index contributed by atoms with van der Waals surface area (Å²) < 4.78 is 11.7. The van der Waals surface area contributed by atoms with Crippen LogP contribution in [0.3, 0.4) is 0 Å². The van der Waals surface area contributed by atoms with E-state index in [4.69, 9.17) is 9.47 Å². The van der Waals surface area contributed by atoms with Crippen molar-refractivity contribution in [1.82, 2.24) is 0 Å². The van der Waals surface area contributed by atoms with Gasteiger partial charge in [-0.1, -0.05) is 36.4 Å². The van der Waals surface area contributed by atoms with E-state index in [0.717, 1.165) is 27.6 Å². The zero-order chi connectivity index (χ0) is 25.0. The molecule has 0 saturated carbocycles. The Balaban J connectivity index is 0.000000145. The Labute approximate surface area is 204 Å². The first-order valence-corrected chi connectivity index (χ1v) is 11.5. The van der Waals surface area contributed by atoms with Crippen LogP contribution in [0.4, 0.5) is 0 Å². The quantitative estimate of drug-likeness (QED) is 0.389. The number of hydrogen-bond acceptors (Lipinski definition) is 5. The zero-order valence-electron chi connectivity index (χ0n) is 20.1. The van der Waals surface area contributed by atoms with Crippen molar-refractivity contribution in [3.05, 3.63) is 82.9 Å². The number of carbonyl (C=O) groups excluding carboxylic acids is 2. The Morgan fingerprint density at radius 3 is 2.03 bits per heavy atom. The molecule has 0 fully saturated rings. The topological polar surface area (TPSA) is 72.8 Å². The summed E-state index contributed by atoms with van der Waals surface area (Å²) in [6.45, 7) is 7.94. The number of ketones is 2. The molecule has 6 rings (SSSR count). The fraction of sp³-hybridized carbons (Fsp3) is 0.200. The maximum absolute atomic E-state index is 12.0. The van der Waals surface area contributed by atoms with Gasteiger partial charge in [-0.2, -0.15) is 0 Å². The van der Waals surface area contributed by atoms with Crippen molar-refractivity contribution in [2.45, 2.75) is 38.9 Å². The summed E-state index contributed by atoms with van der Waals surface area (Å²) in [6, 6.07) is 13.0. The molecule has 0 bridgehead atoms. The number of benzene rings is 3. The summed E-state index contributed by atoms with van der Waals surface area (Å²) in [4.78, 5) is 23.4. The average molecular weight is 467 g/mol. The molecular weight excluding hydrogens is 440 g/mol. The predicted octanol–water partition coefficient (Wildman–Crippen LogP) is 6.38. The van der Waals surface area contributed by atoms with Gasteiger partial charge in [0.05, 0.1) is 0 Å². The van der Waals surface area contributed by atoms with Crippen molar-refractivity contribution >= 4 is 40.6 Å². The number of fused-ring (bicyclic) bond motifs is 6. The van der Waals surface area contributed by atoms with Crippen LogP contribution in [0.15, 0.2) is 60.7 Å². The second-order valence-corrected chi connectivity index (χ2v) is 9.93. The average Bonchev–Trinajstić information content (AvgIpc) is 2.80. The molecule has 2 heterocycles. The molecule has 0 radical (unpaired) electrons. The van der Waals surface area contributed by atoms with E-state index >= 15 is 0 Å². The maximum atomic E-state index is 12.0. The monoisotopic (exact) mass is 466 g/mol. The summed E-state index contributed by atoms with van der Waals surface area (Å²) >= 11 is 0. The van der Waals surface area contributed by atoms with E-state index in [9.17, 15) is 14.7 Å². The highest BCUT2D eigenvalue weighted by atomic mass is 16.5. The highest BCUT2D eigenvalue weighted by Crippen LogP contribution is 2.38. The van der Waals surface area contributed by atoms with Gasteiger partial charge < -0.3 is 14.6 Å². The third kappa shape index (κ3) is 4.26. The van der Waals surface area contributed by atoms with Crippen molar-refractivity contribution in [3.8, 4) is 17.2 Å². The second-order valence-electron chi connectivity index (χ2n) is 9.93. The Kier molecular flexibility index (Phi) is 5.17. The number of allylic oxidation sites excluding steroid dienone is 1. The van der Waals surface area contributed by atoms with Gasteiger partial charge in [-0.3, -0.25) is 9.59 Å². The smallest absolute Gasteiger partial charge is 0.234 e. The maximum Gasteiger partial charge on any atom is 0.234 e. The van der Waals surface area contributed by atoms with Crippen LogP contribution in [0.2, 0.25) is 0 Å². The summed E-state index contributed by atoms with van der Waals surface area (Å²) in [5.41, 5.74) is 2.31. The Hall–Kier alpha value is -4.12. The standard InChI is InChI=1S/C15H12O3.C15H14O2/c1-15(2)8-7-10-12(18-15)6-4-9-3-5-11(16)14(17)13(9)10;1-15(2)8-7-12-13-9-11(16)5-3-10(13)4-6-14(12)17-15/h3-8H,1-2H3;3-9,16H,1-2H3. The minimum atomic E-state index is -0.478. The van der Waals surface area contributed by atoms with Gasteiger partial charge >= 0.3 is 0 Å². The van der Waals surface area contributed by atoms with Crippen LogP contribution in [0.5, 0.6) is 17.2 Å². The summed E-state index contributed by atoms with van der Waals surface area (Å²) in [5, 5.41) is 11.7. The van der Waals surface area contributed by atoms with Gasteiger partial charge in [-0.15, -0.1) is 0 Å². The summed E-state index contributed by atoms with van der Waals surface area (Å²) in [6.07, 6.45) is 10.9. The molecule has 176 valence electrons. The predicted molar refractivity (Wildman–Crippen MR) is 138 cm³/mol. The number of carbonyl (C=O) groups is 2. The lowest BCUT2D eigenvalue weighted by Crippen LogP contribution is -2.29. The third-order valence-electron chi connectivity index (χ3n) is 6.16. The van der Waals surface area contributed by atoms with Gasteiger partial charge in [-0.25, -0.2) is 0 Å². The fourth-order valence-electron chi connectivity index (χ4n) is 4.40. The molecule has 0 unspecified atom stereocenters. The van der Waals surface area contributed by atoms with E-state index in [2.05, 4.69) is 6.08 Å². The lowest BCUT2D eigenvalue weighted by Gasteiger charge is -2.29. The van der Waals surface area contributed by atoms with Crippen molar-refractivity contribution < 1.29 is 24.2 Å². The van der Waals surface area contributed by atoms with Gasteiger partial charge in [0.1, 0.15) is 28.5 Å². The molecule has 1 N–H and O–H groups in total. The number of phenols is 1. The molecule has 0 saturated heterocycles. The Morgan fingerprint density at radius 2 is 1.31 bits per heavy atom. The highest BCUT2D eigenvalue weighted by Gasteiger charge is 2.29. The van der Waals surface area contributed by atoms with Gasteiger partial charge in [0.15, 0.2) is 0 Å². The number of rotatable bonds is 0. The van der Waals surface area contributed by atoms with E-state index in [1.807, 2.05) is 76.3 Å².